The highest BCUT2D eigenvalue weighted by molar-refractivity contribution is 7.99. The van der Waals surface area contributed by atoms with Crippen molar-refractivity contribution in [2.45, 2.75) is 17.2 Å². The second-order valence-corrected chi connectivity index (χ2v) is 8.77. The number of aliphatic hydroxyl groups excluding tert-OH is 1. The van der Waals surface area contributed by atoms with Crippen LogP contribution in [0.2, 0.25) is 0 Å². The molecule has 5 rings (SSSR count). The molecule has 4 heterocycles. The van der Waals surface area contributed by atoms with Gasteiger partial charge in [0.15, 0.2) is 0 Å². The van der Waals surface area contributed by atoms with Crippen molar-refractivity contribution in [3.8, 4) is 11.3 Å². The molecule has 1 saturated heterocycles. The van der Waals surface area contributed by atoms with Crippen LogP contribution in [0.3, 0.4) is 0 Å². The third kappa shape index (κ3) is 3.29. The molecule has 2 aromatic heterocycles. The molecule has 0 amide bonds. The van der Waals surface area contributed by atoms with Crippen LogP contribution in [-0.4, -0.2) is 52.2 Å². The quantitative estimate of drug-likeness (QED) is 0.652. The van der Waals surface area contributed by atoms with Crippen LogP contribution in [0.5, 0.6) is 0 Å². The molecule has 0 unspecified atom stereocenters. The lowest BCUT2D eigenvalue weighted by Crippen LogP contribution is -2.49. The molecule has 1 N–H and O–H groups in total. The Morgan fingerprint density at radius 3 is 2.66 bits per heavy atom. The fourth-order valence-electron chi connectivity index (χ4n) is 3.97. The van der Waals surface area contributed by atoms with E-state index in [1.807, 2.05) is 31.5 Å². The highest BCUT2D eigenvalue weighted by Gasteiger charge is 2.49. The van der Waals surface area contributed by atoms with E-state index in [0.29, 0.717) is 11.7 Å². The molecule has 3 aromatic rings. The third-order valence-corrected chi connectivity index (χ3v) is 6.47. The number of fused-ring (bicyclic) bond motifs is 2. The van der Waals surface area contributed by atoms with E-state index >= 15 is 0 Å². The number of nitrogens with zero attached hydrogens (tertiary/aromatic N) is 4. The van der Waals surface area contributed by atoms with E-state index in [-0.39, 0.29) is 12.0 Å². The van der Waals surface area contributed by atoms with E-state index in [1.54, 1.807) is 18.0 Å². The number of anilines is 2. The number of aromatic nitrogens is 3. The molecule has 1 aromatic carbocycles. The molecular formula is C22H22N4O2S. The fourth-order valence-corrected chi connectivity index (χ4v) is 4.66. The molecule has 2 aliphatic rings. The predicted octanol–water partition coefficient (Wildman–Crippen LogP) is 3.35. The SMILES string of the molecule is Cc1ccnc(-c2cnc(N3CC4(COC4)c4ccc(SCCO)cc43)nc2)c1. The van der Waals surface area contributed by atoms with E-state index in [0.717, 1.165) is 47.2 Å². The Morgan fingerprint density at radius 2 is 1.97 bits per heavy atom. The first-order chi connectivity index (χ1) is 14.2. The summed E-state index contributed by atoms with van der Waals surface area (Å²) in [6, 6.07) is 10.5. The van der Waals surface area contributed by atoms with Gasteiger partial charge in [0.1, 0.15) is 0 Å². The molecule has 29 heavy (non-hydrogen) atoms. The first kappa shape index (κ1) is 18.5. The standard InChI is InChI=1S/C22H22N4O2S/c1-15-4-5-23-19(8-15)16-10-24-21(25-11-16)26-12-22(13-28-14-22)18-3-2-17(9-20(18)26)29-7-6-27/h2-5,8-11,27H,6-7,12-14H2,1H3. The Labute approximate surface area is 174 Å². The molecule has 1 spiro atoms. The van der Waals surface area contributed by atoms with Gasteiger partial charge in [-0.25, -0.2) is 9.97 Å². The van der Waals surface area contributed by atoms with Gasteiger partial charge in [-0.3, -0.25) is 4.98 Å². The Kier molecular flexibility index (Phi) is 4.73. The first-order valence-corrected chi connectivity index (χ1v) is 10.7. The second kappa shape index (κ2) is 7.40. The number of ether oxygens (including phenoxy) is 1. The molecule has 0 atom stereocenters. The molecule has 0 aliphatic carbocycles. The van der Waals surface area contributed by atoms with Crippen molar-refractivity contribution >= 4 is 23.4 Å². The summed E-state index contributed by atoms with van der Waals surface area (Å²) in [6.07, 6.45) is 5.49. The predicted molar refractivity (Wildman–Crippen MR) is 114 cm³/mol. The lowest BCUT2D eigenvalue weighted by molar-refractivity contribution is -0.0507. The number of aliphatic hydroxyl groups is 1. The van der Waals surface area contributed by atoms with Gasteiger partial charge in [-0.05, 0) is 42.3 Å². The van der Waals surface area contributed by atoms with Crippen molar-refractivity contribution in [3.05, 3.63) is 60.0 Å². The summed E-state index contributed by atoms with van der Waals surface area (Å²) >= 11 is 1.65. The lowest BCUT2D eigenvalue weighted by Gasteiger charge is -2.38. The minimum Gasteiger partial charge on any atom is -0.396 e. The van der Waals surface area contributed by atoms with E-state index < -0.39 is 0 Å². The van der Waals surface area contributed by atoms with Crippen LogP contribution < -0.4 is 4.90 Å². The van der Waals surface area contributed by atoms with Crippen molar-refractivity contribution in [1.29, 1.82) is 0 Å². The number of benzene rings is 1. The summed E-state index contributed by atoms with van der Waals surface area (Å²) in [4.78, 5) is 17.1. The summed E-state index contributed by atoms with van der Waals surface area (Å²) in [6.45, 7) is 4.49. The number of rotatable bonds is 5. The average Bonchev–Trinajstić information content (AvgIpc) is 3.08. The Bertz CT molecular complexity index is 1040. The largest absolute Gasteiger partial charge is 0.396 e. The van der Waals surface area contributed by atoms with Crippen LogP contribution in [-0.2, 0) is 10.2 Å². The number of aryl methyl sites for hydroxylation is 1. The summed E-state index contributed by atoms with van der Waals surface area (Å²) in [5, 5.41) is 9.15. The number of thioether (sulfide) groups is 1. The van der Waals surface area contributed by atoms with Gasteiger partial charge in [-0.2, -0.15) is 0 Å². The summed E-state index contributed by atoms with van der Waals surface area (Å²) in [5.74, 6) is 1.37. The molecule has 0 radical (unpaired) electrons. The number of hydrogen-bond acceptors (Lipinski definition) is 7. The van der Waals surface area contributed by atoms with E-state index in [1.165, 1.54) is 5.56 Å². The van der Waals surface area contributed by atoms with Gasteiger partial charge in [0.2, 0.25) is 5.95 Å². The van der Waals surface area contributed by atoms with Crippen LogP contribution in [0.15, 0.2) is 53.8 Å². The molecule has 0 bridgehead atoms. The second-order valence-electron chi connectivity index (χ2n) is 7.60. The highest BCUT2D eigenvalue weighted by atomic mass is 32.2. The minimum atomic E-state index is 0.0235. The molecule has 2 aliphatic heterocycles. The minimum absolute atomic E-state index is 0.0235. The number of hydrogen-bond donors (Lipinski definition) is 1. The molecule has 1 fully saturated rings. The van der Waals surface area contributed by atoms with Crippen molar-refractivity contribution < 1.29 is 9.84 Å². The summed E-state index contributed by atoms with van der Waals surface area (Å²) in [5.41, 5.74) is 5.40. The molecule has 0 saturated carbocycles. The van der Waals surface area contributed by atoms with E-state index in [4.69, 9.17) is 9.84 Å². The smallest absolute Gasteiger partial charge is 0.229 e. The van der Waals surface area contributed by atoms with Crippen LogP contribution in [0.4, 0.5) is 11.6 Å². The van der Waals surface area contributed by atoms with Crippen molar-refractivity contribution in [1.82, 2.24) is 15.0 Å². The van der Waals surface area contributed by atoms with Gasteiger partial charge in [0.25, 0.3) is 0 Å². The van der Waals surface area contributed by atoms with E-state index in [9.17, 15) is 0 Å². The van der Waals surface area contributed by atoms with Gasteiger partial charge < -0.3 is 14.7 Å². The maximum atomic E-state index is 9.15. The Hall–Kier alpha value is -2.48. The normalized spacial score (nSPS) is 16.7. The Balaban J connectivity index is 1.48. The van der Waals surface area contributed by atoms with Crippen molar-refractivity contribution in [2.75, 3.05) is 37.0 Å². The maximum absolute atomic E-state index is 9.15. The average molecular weight is 407 g/mol. The van der Waals surface area contributed by atoms with Gasteiger partial charge >= 0.3 is 0 Å². The van der Waals surface area contributed by atoms with Crippen LogP contribution in [0.25, 0.3) is 11.3 Å². The van der Waals surface area contributed by atoms with Crippen molar-refractivity contribution in [2.24, 2.45) is 0 Å². The zero-order chi connectivity index (χ0) is 19.8. The number of pyridine rings is 1. The zero-order valence-electron chi connectivity index (χ0n) is 16.2. The maximum Gasteiger partial charge on any atom is 0.229 e. The van der Waals surface area contributed by atoms with Crippen LogP contribution >= 0.6 is 11.8 Å². The molecular weight excluding hydrogens is 384 g/mol. The third-order valence-electron chi connectivity index (χ3n) is 5.50. The Morgan fingerprint density at radius 1 is 1.14 bits per heavy atom. The molecule has 7 heteroatoms. The topological polar surface area (TPSA) is 71.4 Å². The van der Waals surface area contributed by atoms with Gasteiger partial charge in [0, 0.05) is 47.0 Å². The summed E-state index contributed by atoms with van der Waals surface area (Å²) in [7, 11) is 0. The van der Waals surface area contributed by atoms with Gasteiger partial charge in [0.05, 0.1) is 30.9 Å². The highest BCUT2D eigenvalue weighted by Crippen LogP contribution is 2.48. The lowest BCUT2D eigenvalue weighted by atomic mass is 9.81. The monoisotopic (exact) mass is 406 g/mol. The van der Waals surface area contributed by atoms with E-state index in [2.05, 4.69) is 38.1 Å². The first-order valence-electron chi connectivity index (χ1n) is 9.67. The zero-order valence-corrected chi connectivity index (χ0v) is 17.0. The molecule has 148 valence electrons. The van der Waals surface area contributed by atoms with Gasteiger partial charge in [-0.1, -0.05) is 6.07 Å². The van der Waals surface area contributed by atoms with Crippen LogP contribution in [0.1, 0.15) is 11.1 Å². The van der Waals surface area contributed by atoms with Crippen LogP contribution in [0, 0.1) is 6.92 Å². The van der Waals surface area contributed by atoms with Gasteiger partial charge in [-0.15, -0.1) is 11.8 Å². The molecule has 6 nitrogen and oxygen atoms in total. The summed E-state index contributed by atoms with van der Waals surface area (Å²) < 4.78 is 5.57. The van der Waals surface area contributed by atoms with Crippen molar-refractivity contribution in [3.63, 3.8) is 0 Å². The fraction of sp³-hybridized carbons (Fsp3) is 0.318.